The number of carbonyl (C=O) groups is 2. The van der Waals surface area contributed by atoms with Gasteiger partial charge in [0, 0.05) is 44.6 Å². The summed E-state index contributed by atoms with van der Waals surface area (Å²) in [5.41, 5.74) is 7.93. The van der Waals surface area contributed by atoms with Crippen LogP contribution in [0.5, 0.6) is 5.75 Å². The molecule has 4 rings (SSSR count). The summed E-state index contributed by atoms with van der Waals surface area (Å²) in [4.78, 5) is 30.3. The number of nitrogens with zero attached hydrogens (tertiary/aromatic N) is 2. The Morgan fingerprint density at radius 1 is 1.16 bits per heavy atom. The third-order valence-corrected chi connectivity index (χ3v) is 8.34. The van der Waals surface area contributed by atoms with Crippen LogP contribution in [0.2, 0.25) is 0 Å². The second kappa shape index (κ2) is 13.6. The summed E-state index contributed by atoms with van der Waals surface area (Å²) in [6.45, 7) is 6.32. The van der Waals surface area contributed by atoms with Gasteiger partial charge in [0.25, 0.3) is 0 Å². The lowest BCUT2D eigenvalue weighted by Gasteiger charge is -2.31. The molecule has 0 aromatic heterocycles. The molecule has 0 aliphatic carbocycles. The van der Waals surface area contributed by atoms with Gasteiger partial charge >= 0.3 is 5.97 Å². The summed E-state index contributed by atoms with van der Waals surface area (Å²) < 4.78 is 11.7. The largest absolute Gasteiger partial charge is 0.493 e. The molecule has 1 amide bonds. The number of carboxylic acids is 1. The van der Waals surface area contributed by atoms with Crippen LogP contribution in [0.4, 0.5) is 0 Å². The van der Waals surface area contributed by atoms with Gasteiger partial charge in [0.1, 0.15) is 5.75 Å². The Balaban J connectivity index is 1.55. The van der Waals surface area contributed by atoms with Crippen LogP contribution in [0.25, 0.3) is 0 Å². The minimum atomic E-state index is -0.780. The van der Waals surface area contributed by atoms with Crippen molar-refractivity contribution in [3.63, 3.8) is 0 Å². The Bertz CT molecular complexity index is 896. The Hall–Kier alpha value is -2.16. The molecule has 8 nitrogen and oxygen atoms in total. The number of hydrogen-bond donors (Lipinski definition) is 2. The van der Waals surface area contributed by atoms with Crippen LogP contribution in [0.3, 0.4) is 0 Å². The minimum Gasteiger partial charge on any atom is -0.493 e. The van der Waals surface area contributed by atoms with Crippen molar-refractivity contribution in [2.45, 2.75) is 82.8 Å². The molecule has 1 aromatic carbocycles. The number of carboxylic acid groups (broad SMARTS) is 1. The van der Waals surface area contributed by atoms with Crippen molar-refractivity contribution < 1.29 is 24.2 Å². The van der Waals surface area contributed by atoms with Crippen molar-refractivity contribution in [3.05, 3.63) is 29.3 Å². The molecule has 1 aromatic rings. The molecular weight excluding hydrogens is 470 g/mol. The first-order valence-electron chi connectivity index (χ1n) is 14.3. The molecule has 2 unspecified atom stereocenters. The standard InChI is InChI=1S/C29H45N3O5/c1-2-3-14-31(15-6-13-30)27(33)20-32-19-24(21-8-11-26-22(18-21)12-17-37-26)28(29(34)35)25(32)10-9-23-7-4-5-16-36-23/h8,11,18,23-25,28H,2-7,9-10,12-17,19-20,30H2,1H3,(H,34,35)/t23?,24-,25+,28?/m1/s1. The number of likely N-dealkylation sites (tertiary alicyclic amines) is 1. The SMILES string of the molecule is CCCCN(CCCN)C(=O)CN1C[C@H](c2ccc3c(c2)CCO3)C(C(=O)O)[C@@H]1CCC1CCCCO1. The first kappa shape index (κ1) is 27.9. The fraction of sp³-hybridized carbons (Fsp3) is 0.724. The van der Waals surface area contributed by atoms with E-state index in [-0.39, 0.29) is 30.5 Å². The van der Waals surface area contributed by atoms with Crippen molar-refractivity contribution in [2.24, 2.45) is 11.7 Å². The Labute approximate surface area is 221 Å². The van der Waals surface area contributed by atoms with Crippen molar-refractivity contribution in [1.82, 2.24) is 9.80 Å². The first-order valence-corrected chi connectivity index (χ1v) is 14.3. The number of rotatable bonds is 13. The van der Waals surface area contributed by atoms with Crippen LogP contribution < -0.4 is 10.5 Å². The molecule has 0 radical (unpaired) electrons. The van der Waals surface area contributed by atoms with Gasteiger partial charge in [0.05, 0.1) is 25.2 Å². The maximum Gasteiger partial charge on any atom is 0.308 e. The van der Waals surface area contributed by atoms with Gasteiger partial charge in [-0.05, 0) is 68.7 Å². The number of carbonyl (C=O) groups excluding carboxylic acids is 1. The minimum absolute atomic E-state index is 0.0768. The fourth-order valence-electron chi connectivity index (χ4n) is 6.29. The number of fused-ring (bicyclic) bond motifs is 1. The first-order chi connectivity index (χ1) is 18.0. The van der Waals surface area contributed by atoms with E-state index < -0.39 is 11.9 Å². The van der Waals surface area contributed by atoms with Crippen molar-refractivity contribution in [1.29, 1.82) is 0 Å². The van der Waals surface area contributed by atoms with Gasteiger partial charge in [-0.1, -0.05) is 25.5 Å². The van der Waals surface area contributed by atoms with E-state index in [1.165, 1.54) is 0 Å². The highest BCUT2D eigenvalue weighted by Crippen LogP contribution is 2.41. The predicted octanol–water partition coefficient (Wildman–Crippen LogP) is 3.42. The molecular formula is C29H45N3O5. The highest BCUT2D eigenvalue weighted by atomic mass is 16.5. The van der Waals surface area contributed by atoms with E-state index in [0.29, 0.717) is 26.2 Å². The molecule has 3 aliphatic heterocycles. The van der Waals surface area contributed by atoms with E-state index in [4.69, 9.17) is 15.2 Å². The fourth-order valence-corrected chi connectivity index (χ4v) is 6.29. The summed E-state index contributed by atoms with van der Waals surface area (Å²) in [5.74, 6) is -0.533. The zero-order valence-corrected chi connectivity index (χ0v) is 22.4. The number of amides is 1. The predicted molar refractivity (Wildman–Crippen MR) is 143 cm³/mol. The lowest BCUT2D eigenvalue weighted by Crippen LogP contribution is -2.45. The normalized spacial score (nSPS) is 25.6. The molecule has 206 valence electrons. The smallest absolute Gasteiger partial charge is 0.308 e. The second-order valence-corrected chi connectivity index (χ2v) is 10.9. The van der Waals surface area contributed by atoms with Crippen LogP contribution in [0.15, 0.2) is 18.2 Å². The van der Waals surface area contributed by atoms with Crippen molar-refractivity contribution >= 4 is 11.9 Å². The lowest BCUT2D eigenvalue weighted by molar-refractivity contribution is -0.144. The maximum absolute atomic E-state index is 13.5. The number of nitrogens with two attached hydrogens (primary N) is 1. The molecule has 0 saturated carbocycles. The van der Waals surface area contributed by atoms with Crippen molar-refractivity contribution in [2.75, 3.05) is 45.9 Å². The summed E-state index contributed by atoms with van der Waals surface area (Å²) in [7, 11) is 0. The molecule has 37 heavy (non-hydrogen) atoms. The monoisotopic (exact) mass is 515 g/mol. The van der Waals surface area contributed by atoms with Gasteiger partial charge in [-0.15, -0.1) is 0 Å². The van der Waals surface area contributed by atoms with Crippen molar-refractivity contribution in [3.8, 4) is 5.75 Å². The van der Waals surface area contributed by atoms with Crippen LogP contribution in [0.1, 0.15) is 75.3 Å². The zero-order valence-electron chi connectivity index (χ0n) is 22.4. The van der Waals surface area contributed by atoms with E-state index >= 15 is 0 Å². The molecule has 8 heteroatoms. The number of ether oxygens (including phenoxy) is 2. The molecule has 2 saturated heterocycles. The van der Waals surface area contributed by atoms with Crippen LogP contribution in [-0.4, -0.2) is 84.9 Å². The van der Waals surface area contributed by atoms with Gasteiger partial charge in [-0.25, -0.2) is 0 Å². The Morgan fingerprint density at radius 2 is 2.00 bits per heavy atom. The van der Waals surface area contributed by atoms with E-state index in [2.05, 4.69) is 17.9 Å². The van der Waals surface area contributed by atoms with E-state index in [1.54, 1.807) is 0 Å². The summed E-state index contributed by atoms with van der Waals surface area (Å²) in [6, 6.07) is 5.93. The van der Waals surface area contributed by atoms with Crippen LogP contribution in [0, 0.1) is 5.92 Å². The van der Waals surface area contributed by atoms with Gasteiger partial charge in [-0.2, -0.15) is 0 Å². The number of benzene rings is 1. The highest BCUT2D eigenvalue weighted by Gasteiger charge is 2.47. The number of aliphatic carboxylic acids is 1. The average Bonchev–Trinajstić information content (AvgIpc) is 3.52. The molecule has 3 N–H and O–H groups in total. The van der Waals surface area contributed by atoms with Crippen LogP contribution in [-0.2, 0) is 20.7 Å². The van der Waals surface area contributed by atoms with E-state index in [0.717, 1.165) is 87.8 Å². The maximum atomic E-state index is 13.5. The van der Waals surface area contributed by atoms with E-state index in [1.807, 2.05) is 17.0 Å². The third kappa shape index (κ3) is 7.03. The molecule has 3 aliphatic rings. The van der Waals surface area contributed by atoms with Crippen LogP contribution >= 0.6 is 0 Å². The quantitative estimate of drug-likeness (QED) is 0.415. The van der Waals surface area contributed by atoms with Gasteiger partial charge in [0.2, 0.25) is 5.91 Å². The second-order valence-electron chi connectivity index (χ2n) is 10.9. The Kier molecular flexibility index (Phi) is 10.2. The lowest BCUT2D eigenvalue weighted by atomic mass is 9.82. The molecule has 0 bridgehead atoms. The summed E-state index contributed by atoms with van der Waals surface area (Å²) in [5, 5.41) is 10.4. The molecule has 0 spiro atoms. The number of unbranched alkanes of at least 4 members (excludes halogenated alkanes) is 1. The molecule has 4 atom stereocenters. The number of hydrogen-bond acceptors (Lipinski definition) is 6. The van der Waals surface area contributed by atoms with Gasteiger partial charge < -0.3 is 25.2 Å². The Morgan fingerprint density at radius 3 is 2.73 bits per heavy atom. The highest BCUT2D eigenvalue weighted by molar-refractivity contribution is 5.79. The van der Waals surface area contributed by atoms with E-state index in [9.17, 15) is 14.7 Å². The van der Waals surface area contributed by atoms with Gasteiger partial charge in [-0.3, -0.25) is 14.5 Å². The topological polar surface area (TPSA) is 105 Å². The average molecular weight is 516 g/mol. The van der Waals surface area contributed by atoms with Gasteiger partial charge in [0.15, 0.2) is 0 Å². The zero-order chi connectivity index (χ0) is 26.2. The summed E-state index contributed by atoms with van der Waals surface area (Å²) in [6.07, 6.45) is 8.62. The molecule has 3 heterocycles. The molecule has 2 fully saturated rings. The third-order valence-electron chi connectivity index (χ3n) is 8.34. The summed E-state index contributed by atoms with van der Waals surface area (Å²) >= 11 is 0.